The van der Waals surface area contributed by atoms with Gasteiger partial charge in [-0.2, -0.15) is 0 Å². The summed E-state index contributed by atoms with van der Waals surface area (Å²) in [5.74, 6) is 1.19. The van der Waals surface area contributed by atoms with E-state index < -0.39 is 0 Å². The number of nitrogens with zero attached hydrogens (tertiary/aromatic N) is 3. The fourth-order valence-electron chi connectivity index (χ4n) is 2.69. The molecule has 5 heteroatoms. The van der Waals surface area contributed by atoms with Gasteiger partial charge in [-0.3, -0.25) is 4.90 Å². The van der Waals surface area contributed by atoms with Crippen LogP contribution in [0.15, 0.2) is 41.2 Å². The molecular formula is C15H15N3S2. The zero-order chi connectivity index (χ0) is 13.4. The first-order valence-electron chi connectivity index (χ1n) is 6.73. The average Bonchev–Trinajstić information content (AvgIpc) is 3.19. The van der Waals surface area contributed by atoms with Crippen LogP contribution in [0.25, 0.3) is 10.6 Å². The highest BCUT2D eigenvalue weighted by Crippen LogP contribution is 2.28. The van der Waals surface area contributed by atoms with Crippen LogP contribution in [0.4, 0.5) is 0 Å². The molecule has 0 bridgehead atoms. The first-order valence-corrected chi connectivity index (χ1v) is 8.49. The van der Waals surface area contributed by atoms with Crippen LogP contribution in [0.5, 0.6) is 0 Å². The molecule has 4 heterocycles. The van der Waals surface area contributed by atoms with Gasteiger partial charge in [0.1, 0.15) is 5.82 Å². The van der Waals surface area contributed by atoms with Crippen LogP contribution in [0.2, 0.25) is 0 Å². The molecule has 3 nitrogen and oxygen atoms in total. The van der Waals surface area contributed by atoms with Gasteiger partial charge in [0.15, 0.2) is 0 Å². The Morgan fingerprint density at radius 1 is 1.10 bits per heavy atom. The molecule has 3 aromatic heterocycles. The molecule has 1 aliphatic heterocycles. The molecule has 102 valence electrons. The molecule has 0 spiro atoms. The maximum absolute atomic E-state index is 4.62. The minimum atomic E-state index is 0.948. The van der Waals surface area contributed by atoms with E-state index in [4.69, 9.17) is 0 Å². The molecule has 0 fully saturated rings. The molecule has 20 heavy (non-hydrogen) atoms. The monoisotopic (exact) mass is 301 g/mol. The maximum atomic E-state index is 4.62. The Bertz CT molecular complexity index is 683. The third-order valence-electron chi connectivity index (χ3n) is 3.68. The van der Waals surface area contributed by atoms with Crippen LogP contribution in [0.3, 0.4) is 0 Å². The number of hydrogen-bond donors (Lipinski definition) is 0. The van der Waals surface area contributed by atoms with Gasteiger partial charge in [-0.15, -0.1) is 22.7 Å². The van der Waals surface area contributed by atoms with Crippen molar-refractivity contribution in [2.45, 2.75) is 19.6 Å². The maximum Gasteiger partial charge on any atom is 0.123 e. The summed E-state index contributed by atoms with van der Waals surface area (Å²) in [6.45, 7) is 4.12. The SMILES string of the molecule is c1csc(CN2CCn3c(-c4cccs4)cnc3C2)c1. The number of imidazole rings is 1. The lowest BCUT2D eigenvalue weighted by molar-refractivity contribution is 0.211. The summed E-state index contributed by atoms with van der Waals surface area (Å²) in [7, 11) is 0. The fourth-order valence-corrected chi connectivity index (χ4v) is 4.18. The van der Waals surface area contributed by atoms with Crippen molar-refractivity contribution in [2.75, 3.05) is 6.54 Å². The van der Waals surface area contributed by atoms with E-state index in [0.717, 1.165) is 26.2 Å². The zero-order valence-electron chi connectivity index (χ0n) is 11.0. The fraction of sp³-hybridized carbons (Fsp3) is 0.267. The minimum absolute atomic E-state index is 0.948. The Morgan fingerprint density at radius 3 is 2.80 bits per heavy atom. The second kappa shape index (κ2) is 5.16. The third kappa shape index (κ3) is 2.22. The largest absolute Gasteiger partial charge is 0.325 e. The zero-order valence-corrected chi connectivity index (χ0v) is 12.7. The van der Waals surface area contributed by atoms with Gasteiger partial charge in [-0.05, 0) is 22.9 Å². The number of rotatable bonds is 3. The van der Waals surface area contributed by atoms with Gasteiger partial charge in [0, 0.05) is 24.5 Å². The number of aromatic nitrogens is 2. The molecule has 3 aromatic rings. The van der Waals surface area contributed by atoms with Gasteiger partial charge in [-0.1, -0.05) is 12.1 Å². The van der Waals surface area contributed by atoms with E-state index in [0.29, 0.717) is 0 Å². The molecule has 4 rings (SSSR count). The molecule has 0 amide bonds. The Labute approximate surface area is 126 Å². The van der Waals surface area contributed by atoms with Crippen molar-refractivity contribution in [3.05, 3.63) is 51.9 Å². The molecule has 0 unspecified atom stereocenters. The lowest BCUT2D eigenvalue weighted by Crippen LogP contribution is -2.33. The first-order chi connectivity index (χ1) is 9.90. The summed E-state index contributed by atoms with van der Waals surface area (Å²) in [6.07, 6.45) is 2.02. The van der Waals surface area contributed by atoms with Gasteiger partial charge in [-0.25, -0.2) is 4.98 Å². The highest BCUT2D eigenvalue weighted by molar-refractivity contribution is 7.13. The lowest BCUT2D eigenvalue weighted by atomic mass is 10.3. The van der Waals surface area contributed by atoms with E-state index in [9.17, 15) is 0 Å². The number of thiophene rings is 2. The van der Waals surface area contributed by atoms with Crippen molar-refractivity contribution in [3.63, 3.8) is 0 Å². The van der Waals surface area contributed by atoms with Crippen molar-refractivity contribution in [3.8, 4) is 10.6 Å². The molecule has 0 N–H and O–H groups in total. The number of fused-ring (bicyclic) bond motifs is 1. The van der Waals surface area contributed by atoms with Gasteiger partial charge in [0.2, 0.25) is 0 Å². The summed E-state index contributed by atoms with van der Waals surface area (Å²) in [5.41, 5.74) is 1.27. The molecule has 0 atom stereocenters. The average molecular weight is 301 g/mol. The predicted molar refractivity (Wildman–Crippen MR) is 84.0 cm³/mol. The normalized spacial score (nSPS) is 15.4. The van der Waals surface area contributed by atoms with Gasteiger partial charge < -0.3 is 4.57 Å². The molecule has 1 aliphatic rings. The van der Waals surface area contributed by atoms with Crippen LogP contribution >= 0.6 is 22.7 Å². The standard InChI is InChI=1S/C15H15N3S2/c1-3-12(19-7-1)10-17-5-6-18-13(9-16-15(18)11-17)14-4-2-8-20-14/h1-4,7-9H,5-6,10-11H2. The second-order valence-electron chi connectivity index (χ2n) is 4.98. The minimum Gasteiger partial charge on any atom is -0.325 e. The Hall–Kier alpha value is -1.43. The Balaban J connectivity index is 1.56. The van der Waals surface area contributed by atoms with E-state index in [-0.39, 0.29) is 0 Å². The summed E-state index contributed by atoms with van der Waals surface area (Å²) < 4.78 is 2.37. The molecule has 0 radical (unpaired) electrons. The highest BCUT2D eigenvalue weighted by Gasteiger charge is 2.20. The van der Waals surface area contributed by atoms with Crippen LogP contribution in [0, 0.1) is 0 Å². The summed E-state index contributed by atoms with van der Waals surface area (Å²) >= 11 is 3.62. The molecular weight excluding hydrogens is 286 g/mol. The second-order valence-corrected chi connectivity index (χ2v) is 6.96. The van der Waals surface area contributed by atoms with Crippen molar-refractivity contribution >= 4 is 22.7 Å². The smallest absolute Gasteiger partial charge is 0.123 e. The highest BCUT2D eigenvalue weighted by atomic mass is 32.1. The van der Waals surface area contributed by atoms with Crippen molar-refractivity contribution in [1.29, 1.82) is 0 Å². The van der Waals surface area contributed by atoms with E-state index in [1.807, 2.05) is 17.5 Å². The van der Waals surface area contributed by atoms with Crippen LogP contribution in [-0.2, 0) is 19.6 Å². The van der Waals surface area contributed by atoms with Crippen LogP contribution in [-0.4, -0.2) is 21.0 Å². The van der Waals surface area contributed by atoms with Gasteiger partial charge >= 0.3 is 0 Å². The topological polar surface area (TPSA) is 21.1 Å². The van der Waals surface area contributed by atoms with E-state index in [1.165, 1.54) is 21.3 Å². The molecule has 0 saturated carbocycles. The van der Waals surface area contributed by atoms with Crippen LogP contribution < -0.4 is 0 Å². The summed E-state index contributed by atoms with van der Waals surface area (Å²) in [6, 6.07) is 8.61. The van der Waals surface area contributed by atoms with Crippen molar-refractivity contribution in [2.24, 2.45) is 0 Å². The van der Waals surface area contributed by atoms with Crippen molar-refractivity contribution in [1.82, 2.24) is 14.5 Å². The molecule has 0 saturated heterocycles. The quantitative estimate of drug-likeness (QED) is 0.735. The Morgan fingerprint density at radius 2 is 2.00 bits per heavy atom. The van der Waals surface area contributed by atoms with E-state index in [1.54, 1.807) is 11.3 Å². The lowest BCUT2D eigenvalue weighted by Gasteiger charge is -2.27. The summed E-state index contributed by atoms with van der Waals surface area (Å²) in [4.78, 5) is 9.85. The first kappa shape index (κ1) is 12.3. The molecule has 0 aromatic carbocycles. The molecule has 0 aliphatic carbocycles. The van der Waals surface area contributed by atoms with Crippen molar-refractivity contribution < 1.29 is 0 Å². The van der Waals surface area contributed by atoms with E-state index in [2.05, 4.69) is 49.5 Å². The van der Waals surface area contributed by atoms with Gasteiger partial charge in [0.25, 0.3) is 0 Å². The van der Waals surface area contributed by atoms with E-state index >= 15 is 0 Å². The van der Waals surface area contributed by atoms with Crippen LogP contribution in [0.1, 0.15) is 10.7 Å². The predicted octanol–water partition coefficient (Wildman–Crippen LogP) is 3.69. The summed E-state index contributed by atoms with van der Waals surface area (Å²) in [5, 5.41) is 4.27. The third-order valence-corrected chi connectivity index (χ3v) is 5.43. The number of hydrogen-bond acceptors (Lipinski definition) is 4. The Kier molecular flexibility index (Phi) is 3.18. The van der Waals surface area contributed by atoms with Gasteiger partial charge in [0.05, 0.1) is 23.3 Å².